The topological polar surface area (TPSA) is 85.2 Å². The van der Waals surface area contributed by atoms with Crippen molar-refractivity contribution < 1.29 is 5.11 Å². The zero-order chi connectivity index (χ0) is 7.98. The highest BCUT2D eigenvalue weighted by atomic mass is 16.2. The quantitative estimate of drug-likeness (QED) is 0.469. The third kappa shape index (κ3) is 2.88. The number of aliphatic hydroxyl groups excluding tert-OH is 1. The largest absolute Gasteiger partial charge is 0.400 e. The van der Waals surface area contributed by atoms with E-state index in [0.29, 0.717) is 11.6 Å². The molecule has 1 rings (SSSR count). The van der Waals surface area contributed by atoms with Crippen LogP contribution >= 0.6 is 0 Å². The van der Waals surface area contributed by atoms with E-state index in [4.69, 9.17) is 16.6 Å². The second-order valence-electron chi connectivity index (χ2n) is 1.49. The fraction of sp³-hybridized carbons (Fsp3) is 0.167. The molecule has 0 unspecified atom stereocenters. The third-order valence-corrected chi connectivity index (χ3v) is 0.792. The van der Waals surface area contributed by atoms with Crippen molar-refractivity contribution in [2.24, 2.45) is 0 Å². The Hall–Kier alpha value is -1.29. The van der Waals surface area contributed by atoms with Crippen molar-refractivity contribution in [2.75, 3.05) is 18.6 Å². The maximum absolute atomic E-state index is 7.00. The van der Waals surface area contributed by atoms with Crippen molar-refractivity contribution in [3.05, 3.63) is 18.2 Å². The van der Waals surface area contributed by atoms with Crippen LogP contribution in [0.25, 0.3) is 0 Å². The second-order valence-corrected chi connectivity index (χ2v) is 1.49. The van der Waals surface area contributed by atoms with Gasteiger partial charge in [-0.3, -0.25) is 0 Å². The predicted octanol–water partition coefficient (Wildman–Crippen LogP) is -0.146. The third-order valence-electron chi connectivity index (χ3n) is 0.792. The Labute approximate surface area is 59.5 Å². The van der Waals surface area contributed by atoms with E-state index < -0.39 is 0 Å². The first-order valence-electron chi connectivity index (χ1n) is 2.72. The fourth-order valence-corrected chi connectivity index (χ4v) is 0.469. The summed E-state index contributed by atoms with van der Waals surface area (Å²) in [6.45, 7) is 0. The van der Waals surface area contributed by atoms with Crippen molar-refractivity contribution in [1.82, 2.24) is 4.98 Å². The smallest absolute Gasteiger partial charge is 0.125 e. The van der Waals surface area contributed by atoms with Gasteiger partial charge in [0.25, 0.3) is 0 Å². The Kier molecular flexibility index (Phi) is 3.99. The van der Waals surface area contributed by atoms with Crippen LogP contribution in [0.15, 0.2) is 18.2 Å². The maximum atomic E-state index is 7.00. The summed E-state index contributed by atoms with van der Waals surface area (Å²) in [5.41, 5.74) is 10.5. The SMILES string of the molecule is CO.Nc1cccc(N)n1. The van der Waals surface area contributed by atoms with E-state index in [1.807, 2.05) is 0 Å². The van der Waals surface area contributed by atoms with E-state index in [0.717, 1.165) is 7.11 Å². The van der Waals surface area contributed by atoms with Crippen LogP contribution < -0.4 is 11.5 Å². The molecule has 4 nitrogen and oxygen atoms in total. The van der Waals surface area contributed by atoms with Crippen molar-refractivity contribution in [1.29, 1.82) is 0 Å². The average Bonchev–Trinajstić information content (AvgIpc) is 1.91. The van der Waals surface area contributed by atoms with Gasteiger partial charge in [-0.15, -0.1) is 0 Å². The standard InChI is InChI=1S/C5H7N3.CH4O/c6-4-2-1-3-5(7)8-4;1-2/h1-3H,(H4,6,7,8);2H,1H3. The van der Waals surface area contributed by atoms with Gasteiger partial charge in [0, 0.05) is 7.11 Å². The van der Waals surface area contributed by atoms with Crippen LogP contribution in [-0.2, 0) is 0 Å². The van der Waals surface area contributed by atoms with Crippen LogP contribution in [0, 0.1) is 0 Å². The van der Waals surface area contributed by atoms with Gasteiger partial charge in [-0.05, 0) is 12.1 Å². The van der Waals surface area contributed by atoms with Crippen molar-refractivity contribution in [3.63, 3.8) is 0 Å². The molecule has 0 aliphatic carbocycles. The summed E-state index contributed by atoms with van der Waals surface area (Å²) in [5.74, 6) is 0.926. The number of nitrogen functional groups attached to an aromatic ring is 2. The van der Waals surface area contributed by atoms with Gasteiger partial charge >= 0.3 is 0 Å². The molecule has 56 valence electrons. The van der Waals surface area contributed by atoms with Crippen molar-refractivity contribution in [3.8, 4) is 0 Å². The molecule has 0 saturated heterocycles. The Morgan fingerprint density at radius 1 is 1.20 bits per heavy atom. The summed E-state index contributed by atoms with van der Waals surface area (Å²) in [6, 6.07) is 5.14. The van der Waals surface area contributed by atoms with Crippen LogP contribution in [0.5, 0.6) is 0 Å². The van der Waals surface area contributed by atoms with Gasteiger partial charge in [-0.25, -0.2) is 4.98 Å². The monoisotopic (exact) mass is 141 g/mol. The van der Waals surface area contributed by atoms with E-state index in [9.17, 15) is 0 Å². The number of anilines is 2. The van der Waals surface area contributed by atoms with Gasteiger partial charge in [0.1, 0.15) is 11.6 Å². The highest BCUT2D eigenvalue weighted by molar-refractivity contribution is 5.37. The Morgan fingerprint density at radius 3 is 1.80 bits per heavy atom. The highest BCUT2D eigenvalue weighted by Gasteiger charge is 1.83. The molecule has 10 heavy (non-hydrogen) atoms. The van der Waals surface area contributed by atoms with Crippen LogP contribution in [0.2, 0.25) is 0 Å². The molecule has 0 amide bonds. The first kappa shape index (κ1) is 8.71. The number of pyridine rings is 1. The molecule has 0 radical (unpaired) electrons. The fourth-order valence-electron chi connectivity index (χ4n) is 0.469. The molecule has 0 spiro atoms. The highest BCUT2D eigenvalue weighted by Crippen LogP contribution is 1.99. The number of hydrogen-bond acceptors (Lipinski definition) is 4. The molecule has 1 aromatic heterocycles. The molecular formula is C6H11N3O. The molecule has 0 fully saturated rings. The normalized spacial score (nSPS) is 7.80. The minimum atomic E-state index is 0.463. The lowest BCUT2D eigenvalue weighted by Gasteiger charge is -1.90. The molecule has 1 aromatic rings. The molecule has 0 bridgehead atoms. The average molecular weight is 141 g/mol. The Bertz CT molecular complexity index is 173. The molecule has 5 N–H and O–H groups in total. The number of rotatable bonds is 0. The lowest BCUT2D eigenvalue weighted by molar-refractivity contribution is 0.399. The van der Waals surface area contributed by atoms with Crippen LogP contribution in [0.3, 0.4) is 0 Å². The Morgan fingerprint density at radius 2 is 1.60 bits per heavy atom. The molecule has 4 heteroatoms. The van der Waals surface area contributed by atoms with Crippen LogP contribution in [0.1, 0.15) is 0 Å². The summed E-state index contributed by atoms with van der Waals surface area (Å²) in [6.07, 6.45) is 0. The zero-order valence-electron chi connectivity index (χ0n) is 5.78. The number of hydrogen-bond donors (Lipinski definition) is 3. The summed E-state index contributed by atoms with van der Waals surface area (Å²) < 4.78 is 0. The van der Waals surface area contributed by atoms with E-state index in [2.05, 4.69) is 4.98 Å². The summed E-state index contributed by atoms with van der Waals surface area (Å²) in [4.78, 5) is 3.73. The molecular weight excluding hydrogens is 130 g/mol. The summed E-state index contributed by atoms with van der Waals surface area (Å²) in [5, 5.41) is 7.00. The van der Waals surface area contributed by atoms with Gasteiger partial charge in [0.2, 0.25) is 0 Å². The number of nitrogens with zero attached hydrogens (tertiary/aromatic N) is 1. The Balaban J connectivity index is 0.000000371. The first-order valence-corrected chi connectivity index (χ1v) is 2.72. The van der Waals surface area contributed by atoms with Gasteiger partial charge < -0.3 is 16.6 Å². The molecule has 1 heterocycles. The molecule has 0 aliphatic heterocycles. The molecule has 0 atom stereocenters. The number of nitrogens with two attached hydrogens (primary N) is 2. The number of aliphatic hydroxyl groups is 1. The van der Waals surface area contributed by atoms with Gasteiger partial charge in [-0.2, -0.15) is 0 Å². The maximum Gasteiger partial charge on any atom is 0.125 e. The summed E-state index contributed by atoms with van der Waals surface area (Å²) in [7, 11) is 1.00. The van der Waals surface area contributed by atoms with Crippen LogP contribution in [-0.4, -0.2) is 17.2 Å². The van der Waals surface area contributed by atoms with E-state index in [1.54, 1.807) is 18.2 Å². The first-order chi connectivity index (χ1) is 4.79. The van der Waals surface area contributed by atoms with Crippen molar-refractivity contribution in [2.45, 2.75) is 0 Å². The molecule has 0 aromatic carbocycles. The second kappa shape index (κ2) is 4.58. The van der Waals surface area contributed by atoms with Crippen molar-refractivity contribution >= 4 is 11.6 Å². The molecule has 0 saturated carbocycles. The number of aromatic nitrogens is 1. The van der Waals surface area contributed by atoms with E-state index in [1.165, 1.54) is 0 Å². The van der Waals surface area contributed by atoms with Gasteiger partial charge in [0.05, 0.1) is 0 Å². The minimum absolute atomic E-state index is 0.463. The summed E-state index contributed by atoms with van der Waals surface area (Å²) >= 11 is 0. The van der Waals surface area contributed by atoms with E-state index in [-0.39, 0.29) is 0 Å². The van der Waals surface area contributed by atoms with E-state index >= 15 is 0 Å². The zero-order valence-corrected chi connectivity index (χ0v) is 5.78. The lowest BCUT2D eigenvalue weighted by atomic mass is 10.4. The lowest BCUT2D eigenvalue weighted by Crippen LogP contribution is -1.93. The molecule has 0 aliphatic rings. The predicted molar refractivity (Wildman–Crippen MR) is 41.2 cm³/mol. The van der Waals surface area contributed by atoms with Crippen LogP contribution in [0.4, 0.5) is 11.6 Å². The minimum Gasteiger partial charge on any atom is -0.400 e. The van der Waals surface area contributed by atoms with Gasteiger partial charge in [0.15, 0.2) is 0 Å². The van der Waals surface area contributed by atoms with Gasteiger partial charge in [-0.1, -0.05) is 6.07 Å².